The van der Waals surface area contributed by atoms with E-state index < -0.39 is 0 Å². The summed E-state index contributed by atoms with van der Waals surface area (Å²) in [6.07, 6.45) is 0. The molecule has 0 N–H and O–H groups in total. The van der Waals surface area contributed by atoms with Gasteiger partial charge in [-0.1, -0.05) is 255 Å². The van der Waals surface area contributed by atoms with Crippen LogP contribution in [0.1, 0.15) is 0 Å². The molecule has 0 saturated carbocycles. The van der Waals surface area contributed by atoms with Gasteiger partial charge in [-0.05, 0) is 159 Å². The van der Waals surface area contributed by atoms with E-state index in [0.29, 0.717) is 0 Å². The van der Waals surface area contributed by atoms with E-state index in [2.05, 4.69) is 398 Å². The highest BCUT2D eigenvalue weighted by Gasteiger charge is 2.46. The van der Waals surface area contributed by atoms with E-state index in [1.165, 1.54) is 98.3 Å². The highest BCUT2D eigenvalue weighted by molar-refractivity contribution is 7.00. The maximum absolute atomic E-state index is 2.67. The molecule has 4 aromatic heterocycles. The summed E-state index contributed by atoms with van der Waals surface area (Å²) in [5, 5.41) is 9.77. The van der Waals surface area contributed by atoms with E-state index in [1.807, 2.05) is 0 Å². The van der Waals surface area contributed by atoms with Crippen LogP contribution in [0.4, 0.5) is 51.2 Å². The Morgan fingerprint density at radius 3 is 1.27 bits per heavy atom. The third kappa shape index (κ3) is 8.51. The number of hydrogen-bond donors (Lipinski definition) is 0. The van der Waals surface area contributed by atoms with Crippen LogP contribution in [-0.2, 0) is 0 Å². The SMILES string of the molecule is c1ccc(-c2ccc3c(c2)c2cc(-c4ccccc4)ccc2n3-c2cc3c4c(c2)N(c2ccccc2-n2c5ccccc5c5ccccc52)c2cc5c(cc2B4c2ccc(N(c4ccccc4)c4ccccc4)cc2N3c2ccccc2-c2ccccc2)c2cccc3c4ccccc4n5c32)cc1. The zero-order chi connectivity index (χ0) is 67.4. The summed E-state index contributed by atoms with van der Waals surface area (Å²) in [4.78, 5) is 7.72. The van der Waals surface area contributed by atoms with Crippen LogP contribution in [0.2, 0.25) is 0 Å². The zero-order valence-corrected chi connectivity index (χ0v) is 56.0. The first-order chi connectivity index (χ1) is 51.1. The molecule has 2 aliphatic rings. The summed E-state index contributed by atoms with van der Waals surface area (Å²) in [5.41, 5.74) is 30.6. The number of nitrogens with zero attached hydrogens (tertiary/aromatic N) is 6. The Kier molecular flexibility index (Phi) is 12.5. The molecule has 103 heavy (non-hydrogen) atoms. The molecule has 0 spiro atoms. The van der Waals surface area contributed by atoms with E-state index in [1.54, 1.807) is 0 Å². The van der Waals surface area contributed by atoms with Gasteiger partial charge in [0.1, 0.15) is 0 Å². The molecule has 0 fully saturated rings. The molecule has 22 rings (SSSR count). The highest BCUT2D eigenvalue weighted by atomic mass is 15.2. The molecule has 7 heteroatoms. The molecule has 0 amide bonds. The summed E-state index contributed by atoms with van der Waals surface area (Å²) >= 11 is 0. The second kappa shape index (κ2) is 22.5. The molecule has 0 atom stereocenters. The van der Waals surface area contributed by atoms with Crippen molar-refractivity contribution in [3.05, 3.63) is 370 Å². The van der Waals surface area contributed by atoms with Crippen molar-refractivity contribution in [2.45, 2.75) is 0 Å². The lowest BCUT2D eigenvalue weighted by molar-refractivity contribution is 1.14. The van der Waals surface area contributed by atoms with E-state index in [0.717, 1.165) is 95.8 Å². The fourth-order valence-corrected chi connectivity index (χ4v) is 17.8. The Morgan fingerprint density at radius 2 is 0.670 bits per heavy atom. The molecular formula is C96H61BN6. The third-order valence-electron chi connectivity index (χ3n) is 22.1. The lowest BCUT2D eigenvalue weighted by Gasteiger charge is -2.45. The minimum absolute atomic E-state index is 0.266. The van der Waals surface area contributed by atoms with Gasteiger partial charge in [-0.15, -0.1) is 0 Å². The largest absolute Gasteiger partial charge is 0.311 e. The molecule has 0 radical (unpaired) electrons. The fraction of sp³-hybridized carbons (Fsp3) is 0. The average Bonchev–Trinajstić information content (AvgIpc) is 1.65. The van der Waals surface area contributed by atoms with Crippen molar-refractivity contribution in [1.29, 1.82) is 0 Å². The lowest BCUT2D eigenvalue weighted by Crippen LogP contribution is -2.61. The van der Waals surface area contributed by atoms with Crippen molar-refractivity contribution in [2.24, 2.45) is 0 Å². The van der Waals surface area contributed by atoms with Crippen LogP contribution in [0.3, 0.4) is 0 Å². The van der Waals surface area contributed by atoms with E-state index in [4.69, 9.17) is 0 Å². The van der Waals surface area contributed by atoms with Crippen molar-refractivity contribution >= 4 is 156 Å². The second-order valence-electron chi connectivity index (χ2n) is 27.5. The van der Waals surface area contributed by atoms with Crippen LogP contribution in [0.5, 0.6) is 0 Å². The summed E-state index contributed by atoms with van der Waals surface area (Å²) in [6, 6.07) is 138. The van der Waals surface area contributed by atoms with Crippen LogP contribution < -0.4 is 31.1 Å². The minimum atomic E-state index is -0.266. The Hall–Kier alpha value is -13.6. The fourth-order valence-electron chi connectivity index (χ4n) is 17.8. The second-order valence-corrected chi connectivity index (χ2v) is 27.5. The van der Waals surface area contributed by atoms with Gasteiger partial charge < -0.3 is 28.2 Å². The van der Waals surface area contributed by atoms with Crippen molar-refractivity contribution in [3.63, 3.8) is 0 Å². The molecule has 0 unspecified atom stereocenters. The Labute approximate surface area is 595 Å². The third-order valence-corrected chi connectivity index (χ3v) is 22.1. The topological polar surface area (TPSA) is 24.0 Å². The first kappa shape index (κ1) is 57.3. The van der Waals surface area contributed by atoms with Gasteiger partial charge in [0.2, 0.25) is 0 Å². The molecule has 20 aromatic rings. The maximum atomic E-state index is 2.67. The number of fused-ring (bicyclic) bond motifs is 16. The summed E-state index contributed by atoms with van der Waals surface area (Å²) in [7, 11) is 0. The smallest absolute Gasteiger partial charge is 0.252 e. The number of anilines is 9. The van der Waals surface area contributed by atoms with E-state index >= 15 is 0 Å². The van der Waals surface area contributed by atoms with Crippen LogP contribution in [0.25, 0.3) is 126 Å². The molecule has 478 valence electrons. The number of para-hydroxylation sites is 9. The summed E-state index contributed by atoms with van der Waals surface area (Å²) in [5.74, 6) is 0. The van der Waals surface area contributed by atoms with Gasteiger partial charge in [0.25, 0.3) is 6.71 Å². The number of hydrogen-bond acceptors (Lipinski definition) is 3. The van der Waals surface area contributed by atoms with Crippen LogP contribution in [0, 0.1) is 0 Å². The van der Waals surface area contributed by atoms with Gasteiger partial charge in [-0.3, -0.25) is 0 Å². The number of rotatable bonds is 10. The summed E-state index contributed by atoms with van der Waals surface area (Å²) < 4.78 is 7.63. The maximum Gasteiger partial charge on any atom is 0.252 e. The van der Waals surface area contributed by atoms with Crippen molar-refractivity contribution in [2.75, 3.05) is 14.7 Å². The molecular weight excluding hydrogens is 1250 g/mol. The molecule has 6 nitrogen and oxygen atoms in total. The first-order valence-corrected chi connectivity index (χ1v) is 35.6. The quantitative estimate of drug-likeness (QED) is 0.128. The van der Waals surface area contributed by atoms with Gasteiger partial charge in [-0.25, -0.2) is 0 Å². The molecule has 16 aromatic carbocycles. The Balaban J connectivity index is 0.918. The monoisotopic (exact) mass is 1310 g/mol. The van der Waals surface area contributed by atoms with Gasteiger partial charge in [0.05, 0.1) is 61.4 Å². The Morgan fingerprint density at radius 1 is 0.223 bits per heavy atom. The molecule has 0 saturated heterocycles. The zero-order valence-electron chi connectivity index (χ0n) is 56.0. The normalized spacial score (nSPS) is 12.6. The molecule has 2 aliphatic heterocycles. The van der Waals surface area contributed by atoms with Gasteiger partial charge in [0, 0.05) is 88.5 Å². The van der Waals surface area contributed by atoms with Gasteiger partial charge >= 0.3 is 0 Å². The van der Waals surface area contributed by atoms with Gasteiger partial charge in [0.15, 0.2) is 0 Å². The number of aromatic nitrogens is 3. The van der Waals surface area contributed by atoms with Crippen molar-refractivity contribution in [1.82, 2.24) is 13.5 Å². The predicted molar refractivity (Wildman–Crippen MR) is 435 cm³/mol. The standard InChI is InChI=1S/C96H61BN6/c1-6-27-62(28-7-1)65-49-53-86-77(55-65)78-56-66(63-29-8-2-9-30-63)50-54-87(78)99(86)70-58-93-95-94(59-70)102(89-48-25-24-47-88(89)100-83-44-21-17-38-72(83)73-39-18-22-45-84(73)100)92-61-90-79(76-42-26-41-75-74-40-19-23-46-85(74)103(90)96(75)76)60-81(92)97(95)80-52-51-69(98(67-33-12-4-13-34-67)68-35-14-5-15-36-68)57-91(80)101(93)82-43-20-16-37-71(82)64-31-10-3-11-32-64/h1-61H. The van der Waals surface area contributed by atoms with Crippen LogP contribution in [0.15, 0.2) is 370 Å². The highest BCUT2D eigenvalue weighted by Crippen LogP contribution is 2.53. The Bertz CT molecular complexity index is 6630. The summed E-state index contributed by atoms with van der Waals surface area (Å²) in [6.45, 7) is -0.266. The van der Waals surface area contributed by atoms with Crippen LogP contribution in [-0.4, -0.2) is 20.2 Å². The lowest BCUT2D eigenvalue weighted by atomic mass is 9.33. The molecule has 0 aliphatic carbocycles. The predicted octanol–water partition coefficient (Wildman–Crippen LogP) is 23.6. The van der Waals surface area contributed by atoms with Crippen molar-refractivity contribution in [3.8, 4) is 44.8 Å². The average molecular weight is 1310 g/mol. The van der Waals surface area contributed by atoms with Crippen LogP contribution >= 0.6 is 0 Å². The van der Waals surface area contributed by atoms with Gasteiger partial charge in [-0.2, -0.15) is 0 Å². The van der Waals surface area contributed by atoms with E-state index in [-0.39, 0.29) is 6.71 Å². The minimum Gasteiger partial charge on any atom is -0.311 e. The molecule has 6 heterocycles. The first-order valence-electron chi connectivity index (χ1n) is 35.6. The molecule has 0 bridgehead atoms. The number of benzene rings is 16. The van der Waals surface area contributed by atoms with E-state index in [9.17, 15) is 0 Å². The van der Waals surface area contributed by atoms with Crippen molar-refractivity contribution < 1.29 is 0 Å².